The Bertz CT molecular complexity index is 1120. The second-order valence-electron chi connectivity index (χ2n) is 10.1. The summed E-state index contributed by atoms with van der Waals surface area (Å²) in [4.78, 5) is 42.1. The molecule has 0 unspecified atom stereocenters. The first-order valence-corrected chi connectivity index (χ1v) is 13.2. The minimum atomic E-state index is -1.05. The Morgan fingerprint density at radius 2 is 1.84 bits per heavy atom. The van der Waals surface area contributed by atoms with Gasteiger partial charge in [-0.3, -0.25) is 9.59 Å². The van der Waals surface area contributed by atoms with E-state index in [0.717, 1.165) is 19.3 Å². The summed E-state index contributed by atoms with van der Waals surface area (Å²) in [6, 6.07) is 10.7. The van der Waals surface area contributed by atoms with Crippen molar-refractivity contribution in [2.75, 3.05) is 20.3 Å². The van der Waals surface area contributed by atoms with Gasteiger partial charge in [0.05, 0.1) is 20.3 Å². The lowest BCUT2D eigenvalue weighted by atomic mass is 9.75. The molecule has 1 aliphatic carbocycles. The van der Waals surface area contributed by atoms with E-state index in [1.165, 1.54) is 44.7 Å². The molecule has 2 aliphatic rings. The van der Waals surface area contributed by atoms with Gasteiger partial charge in [-0.25, -0.2) is 9.78 Å². The third-order valence-corrected chi connectivity index (χ3v) is 7.43. The van der Waals surface area contributed by atoms with Crippen LogP contribution in [0.4, 0.5) is 0 Å². The van der Waals surface area contributed by atoms with Gasteiger partial charge in [-0.1, -0.05) is 56.0 Å². The van der Waals surface area contributed by atoms with Crippen molar-refractivity contribution in [2.24, 2.45) is 17.8 Å². The molecule has 1 aromatic carbocycles. The van der Waals surface area contributed by atoms with Crippen LogP contribution in [0.15, 0.2) is 42.6 Å². The summed E-state index contributed by atoms with van der Waals surface area (Å²) < 4.78 is 22.5. The fraction of sp³-hybridized carbons (Fsp3) is 0.517. The van der Waals surface area contributed by atoms with Gasteiger partial charge in [0.1, 0.15) is 6.10 Å². The minimum absolute atomic E-state index is 0.0488. The number of nitrogens with zero attached hydrogens (tertiary/aromatic N) is 1. The number of pyridine rings is 1. The molecule has 1 amide bonds. The molecular weight excluding hydrogens is 488 g/mol. The monoisotopic (exact) mass is 524 g/mol. The standard InChI is InChI=1S/C29H36N2O7/c1-18-25(21-11-7-8-12-21)22(15-20-9-5-4-6-10-20)16-36-17-23(29(34)37-18)31-28(33)26-27(38-19(2)32)24(35-3)13-14-30-26/h4-6,9-10,13-14,18,21-23,25H,7-8,11-12,15-17H2,1-3H3,(H,31,33)/t18-,22-,23-,25+/m0/s1. The SMILES string of the molecule is COc1ccnc(C(=O)N[C@H]2COC[C@H](Cc3ccccc3)[C@@H](C3CCCC3)[C@H](C)OC2=O)c1OC(C)=O. The molecule has 0 radical (unpaired) electrons. The number of aromatic nitrogens is 1. The summed E-state index contributed by atoms with van der Waals surface area (Å²) in [7, 11) is 1.39. The number of benzene rings is 1. The number of amides is 1. The van der Waals surface area contributed by atoms with Crippen molar-refractivity contribution >= 4 is 17.8 Å². The van der Waals surface area contributed by atoms with Crippen LogP contribution in [0.1, 0.15) is 55.6 Å². The van der Waals surface area contributed by atoms with E-state index in [1.54, 1.807) is 0 Å². The highest BCUT2D eigenvalue weighted by molar-refractivity contribution is 5.98. The molecule has 4 rings (SSSR count). The molecule has 1 aliphatic heterocycles. The zero-order valence-corrected chi connectivity index (χ0v) is 22.2. The topological polar surface area (TPSA) is 113 Å². The van der Waals surface area contributed by atoms with Crippen LogP contribution in [0.5, 0.6) is 11.5 Å². The average Bonchev–Trinajstić information content (AvgIpc) is 3.43. The van der Waals surface area contributed by atoms with Gasteiger partial charge in [0.25, 0.3) is 5.91 Å². The maximum absolute atomic E-state index is 13.3. The number of hydrogen-bond donors (Lipinski definition) is 1. The predicted octanol–water partition coefficient (Wildman–Crippen LogP) is 3.74. The Kier molecular flexibility index (Phi) is 9.33. The van der Waals surface area contributed by atoms with Gasteiger partial charge in [0.15, 0.2) is 17.5 Å². The van der Waals surface area contributed by atoms with Crippen molar-refractivity contribution in [1.82, 2.24) is 10.3 Å². The van der Waals surface area contributed by atoms with E-state index in [-0.39, 0.29) is 41.7 Å². The third-order valence-electron chi connectivity index (χ3n) is 7.43. The van der Waals surface area contributed by atoms with E-state index in [9.17, 15) is 14.4 Å². The molecule has 38 heavy (non-hydrogen) atoms. The van der Waals surface area contributed by atoms with Crippen molar-refractivity contribution in [2.45, 2.75) is 58.1 Å². The smallest absolute Gasteiger partial charge is 0.331 e. The number of carbonyl (C=O) groups excluding carboxylic acids is 3. The molecule has 1 saturated heterocycles. The van der Waals surface area contributed by atoms with E-state index in [4.69, 9.17) is 18.9 Å². The quantitative estimate of drug-likeness (QED) is 0.545. The second-order valence-corrected chi connectivity index (χ2v) is 10.1. The van der Waals surface area contributed by atoms with Crippen LogP contribution in [0.2, 0.25) is 0 Å². The normalized spacial score (nSPS) is 24.4. The van der Waals surface area contributed by atoms with E-state index < -0.39 is 23.9 Å². The van der Waals surface area contributed by atoms with Gasteiger partial charge in [-0.15, -0.1) is 0 Å². The fourth-order valence-corrected chi connectivity index (χ4v) is 5.79. The summed E-state index contributed by atoms with van der Waals surface area (Å²) in [5.74, 6) is -1.09. The molecule has 2 aromatic rings. The van der Waals surface area contributed by atoms with Crippen molar-refractivity contribution in [3.8, 4) is 11.5 Å². The van der Waals surface area contributed by atoms with E-state index in [2.05, 4.69) is 22.4 Å². The molecule has 204 valence electrons. The summed E-state index contributed by atoms with van der Waals surface area (Å²) in [5.41, 5.74) is 1.04. The Labute approximate surface area is 223 Å². The summed E-state index contributed by atoms with van der Waals surface area (Å²) in [6.07, 6.45) is 6.42. The number of methoxy groups -OCH3 is 1. The minimum Gasteiger partial charge on any atom is -0.493 e. The Morgan fingerprint density at radius 3 is 2.53 bits per heavy atom. The first kappa shape index (κ1) is 27.6. The number of nitrogens with one attached hydrogen (secondary N) is 1. The molecular formula is C29H36N2O7. The highest BCUT2D eigenvalue weighted by Gasteiger charge is 2.40. The lowest BCUT2D eigenvalue weighted by Gasteiger charge is -2.35. The third kappa shape index (κ3) is 6.69. The maximum atomic E-state index is 13.3. The van der Waals surface area contributed by atoms with Crippen LogP contribution in [0, 0.1) is 17.8 Å². The highest BCUT2D eigenvalue weighted by atomic mass is 16.6. The molecule has 0 spiro atoms. The second kappa shape index (κ2) is 12.9. The molecule has 0 bridgehead atoms. The lowest BCUT2D eigenvalue weighted by molar-refractivity contribution is -0.155. The van der Waals surface area contributed by atoms with Crippen LogP contribution >= 0.6 is 0 Å². The van der Waals surface area contributed by atoms with E-state index in [0.29, 0.717) is 12.5 Å². The van der Waals surface area contributed by atoms with Crippen molar-refractivity contribution in [3.63, 3.8) is 0 Å². The highest BCUT2D eigenvalue weighted by Crippen LogP contribution is 2.40. The molecule has 1 N–H and O–H groups in total. The Morgan fingerprint density at radius 1 is 1.11 bits per heavy atom. The number of carbonyl (C=O) groups is 3. The van der Waals surface area contributed by atoms with E-state index >= 15 is 0 Å². The van der Waals surface area contributed by atoms with Gasteiger partial charge < -0.3 is 24.3 Å². The van der Waals surface area contributed by atoms with Crippen LogP contribution < -0.4 is 14.8 Å². The van der Waals surface area contributed by atoms with Crippen molar-refractivity contribution < 1.29 is 33.3 Å². The summed E-state index contributed by atoms with van der Waals surface area (Å²) in [5, 5.41) is 2.67. The van der Waals surface area contributed by atoms with Gasteiger partial charge in [0, 0.05) is 25.1 Å². The first-order valence-electron chi connectivity index (χ1n) is 13.2. The number of ether oxygens (including phenoxy) is 4. The number of rotatable bonds is 7. The molecule has 2 fully saturated rings. The molecule has 4 atom stereocenters. The van der Waals surface area contributed by atoms with Crippen LogP contribution in [0.25, 0.3) is 0 Å². The molecule has 1 aromatic heterocycles. The van der Waals surface area contributed by atoms with Crippen LogP contribution in [-0.4, -0.2) is 55.3 Å². The van der Waals surface area contributed by atoms with Gasteiger partial charge in [-0.05, 0) is 30.7 Å². The fourth-order valence-electron chi connectivity index (χ4n) is 5.79. The van der Waals surface area contributed by atoms with Gasteiger partial charge >= 0.3 is 11.9 Å². The number of cyclic esters (lactones) is 1. The van der Waals surface area contributed by atoms with Gasteiger partial charge in [-0.2, -0.15) is 0 Å². The molecule has 9 heteroatoms. The molecule has 9 nitrogen and oxygen atoms in total. The maximum Gasteiger partial charge on any atom is 0.331 e. The van der Waals surface area contributed by atoms with Crippen LogP contribution in [-0.2, 0) is 25.5 Å². The molecule has 1 saturated carbocycles. The zero-order valence-electron chi connectivity index (χ0n) is 22.2. The zero-order chi connectivity index (χ0) is 27.1. The van der Waals surface area contributed by atoms with Crippen molar-refractivity contribution in [3.05, 3.63) is 53.9 Å². The van der Waals surface area contributed by atoms with Crippen molar-refractivity contribution in [1.29, 1.82) is 0 Å². The lowest BCUT2D eigenvalue weighted by Crippen LogP contribution is -2.46. The largest absolute Gasteiger partial charge is 0.493 e. The average molecular weight is 525 g/mol. The summed E-state index contributed by atoms with van der Waals surface area (Å²) >= 11 is 0. The van der Waals surface area contributed by atoms with E-state index in [1.807, 2.05) is 25.1 Å². The predicted molar refractivity (Wildman–Crippen MR) is 139 cm³/mol. The summed E-state index contributed by atoms with van der Waals surface area (Å²) in [6.45, 7) is 3.56. The Balaban J connectivity index is 1.54. The Hall–Kier alpha value is -3.46. The number of hydrogen-bond acceptors (Lipinski definition) is 8. The molecule has 2 heterocycles. The van der Waals surface area contributed by atoms with Crippen LogP contribution in [0.3, 0.4) is 0 Å². The first-order chi connectivity index (χ1) is 18.4. The van der Waals surface area contributed by atoms with Gasteiger partial charge in [0.2, 0.25) is 5.75 Å². The number of esters is 2.